The second kappa shape index (κ2) is 7.65. The van der Waals surface area contributed by atoms with Gasteiger partial charge in [0.2, 0.25) is 5.91 Å². The average molecular weight is 342 g/mol. The quantitative estimate of drug-likeness (QED) is 0.558. The van der Waals surface area contributed by atoms with Crippen molar-refractivity contribution >= 4 is 29.0 Å². The maximum atomic E-state index is 13.2. The van der Waals surface area contributed by atoms with E-state index < -0.39 is 12.5 Å². The van der Waals surface area contributed by atoms with E-state index in [1.807, 2.05) is 0 Å². The van der Waals surface area contributed by atoms with Crippen LogP contribution in [0.15, 0.2) is 27.8 Å². The molecule has 1 aromatic heterocycles. The number of hydrogen-bond donors (Lipinski definition) is 3. The topological polar surface area (TPSA) is 113 Å². The SMILES string of the molecule is CC(=O)NCc1nonc1/C(=N/CO)Nc1ccc(F)c(Cl)c1. The zero-order valence-corrected chi connectivity index (χ0v) is 12.8. The lowest BCUT2D eigenvalue weighted by atomic mass is 10.2. The van der Waals surface area contributed by atoms with E-state index in [0.29, 0.717) is 11.4 Å². The van der Waals surface area contributed by atoms with Crippen LogP contribution in [0, 0.1) is 5.82 Å². The number of aliphatic hydroxyl groups is 1. The Kier molecular flexibility index (Phi) is 5.61. The number of amides is 1. The van der Waals surface area contributed by atoms with Gasteiger partial charge in [0.15, 0.2) is 11.5 Å². The molecule has 0 spiro atoms. The van der Waals surface area contributed by atoms with Gasteiger partial charge in [-0.05, 0) is 23.4 Å². The molecule has 0 aliphatic heterocycles. The van der Waals surface area contributed by atoms with Crippen LogP contribution in [0.25, 0.3) is 0 Å². The predicted molar refractivity (Wildman–Crippen MR) is 80.5 cm³/mol. The van der Waals surface area contributed by atoms with E-state index in [2.05, 4.69) is 30.6 Å². The minimum atomic E-state index is -0.563. The first-order chi connectivity index (χ1) is 11.0. The summed E-state index contributed by atoms with van der Waals surface area (Å²) in [6.45, 7) is 0.906. The lowest BCUT2D eigenvalue weighted by Crippen LogP contribution is -2.23. The van der Waals surface area contributed by atoms with Gasteiger partial charge in [0.05, 0.1) is 11.6 Å². The largest absolute Gasteiger partial charge is 0.374 e. The highest BCUT2D eigenvalue weighted by atomic mass is 35.5. The number of halogens is 2. The fourth-order valence-electron chi connectivity index (χ4n) is 1.67. The molecular formula is C13H13ClFN5O3. The summed E-state index contributed by atoms with van der Waals surface area (Å²) in [5.74, 6) is -0.679. The number of carbonyl (C=O) groups excluding carboxylic acids is 1. The number of aromatic nitrogens is 2. The maximum absolute atomic E-state index is 13.2. The third-order valence-corrected chi connectivity index (χ3v) is 2.99. The number of nitrogens with zero attached hydrogens (tertiary/aromatic N) is 3. The van der Waals surface area contributed by atoms with Crippen molar-refractivity contribution in [2.75, 3.05) is 12.0 Å². The van der Waals surface area contributed by atoms with Gasteiger partial charge >= 0.3 is 0 Å². The van der Waals surface area contributed by atoms with Gasteiger partial charge in [0.25, 0.3) is 0 Å². The lowest BCUT2D eigenvalue weighted by molar-refractivity contribution is -0.119. The summed E-state index contributed by atoms with van der Waals surface area (Å²) in [5, 5.41) is 21.8. The standard InChI is InChI=1S/C13H13ClFN5O3/c1-7(22)16-5-11-12(20-23-19-11)13(17-6-21)18-8-2-3-10(15)9(14)4-8/h2-4,21H,5-6H2,1H3,(H,16,22)(H,17,18). The Labute approximate surface area is 135 Å². The fourth-order valence-corrected chi connectivity index (χ4v) is 1.85. The van der Waals surface area contributed by atoms with Crippen LogP contribution in [-0.2, 0) is 11.3 Å². The van der Waals surface area contributed by atoms with Crippen molar-refractivity contribution in [1.82, 2.24) is 15.6 Å². The van der Waals surface area contributed by atoms with E-state index in [4.69, 9.17) is 16.7 Å². The summed E-state index contributed by atoms with van der Waals surface area (Å²) in [7, 11) is 0. The van der Waals surface area contributed by atoms with Gasteiger partial charge in [-0.2, -0.15) is 0 Å². The van der Waals surface area contributed by atoms with E-state index in [9.17, 15) is 9.18 Å². The Morgan fingerprint density at radius 3 is 2.91 bits per heavy atom. The van der Waals surface area contributed by atoms with Crippen molar-refractivity contribution in [2.24, 2.45) is 4.99 Å². The summed E-state index contributed by atoms with van der Waals surface area (Å²) in [5.41, 5.74) is 0.943. The highest BCUT2D eigenvalue weighted by molar-refractivity contribution is 6.31. The molecule has 0 aliphatic carbocycles. The Morgan fingerprint density at radius 1 is 1.48 bits per heavy atom. The summed E-state index contributed by atoms with van der Waals surface area (Å²) in [6, 6.07) is 3.97. The molecule has 0 atom stereocenters. The van der Waals surface area contributed by atoms with Gasteiger partial charge in [-0.1, -0.05) is 16.8 Å². The molecule has 0 unspecified atom stereocenters. The molecule has 8 nitrogen and oxygen atoms in total. The van der Waals surface area contributed by atoms with Crippen molar-refractivity contribution in [3.05, 3.63) is 40.4 Å². The molecule has 0 saturated heterocycles. The Bertz CT molecular complexity index is 734. The van der Waals surface area contributed by atoms with Gasteiger partial charge in [-0.3, -0.25) is 4.79 Å². The first-order valence-electron chi connectivity index (χ1n) is 6.45. The molecular weight excluding hydrogens is 329 g/mol. The van der Waals surface area contributed by atoms with Gasteiger partial charge in [-0.25, -0.2) is 14.0 Å². The van der Waals surface area contributed by atoms with Crippen molar-refractivity contribution < 1.29 is 18.9 Å². The first-order valence-corrected chi connectivity index (χ1v) is 6.82. The van der Waals surface area contributed by atoms with Crippen molar-refractivity contribution in [1.29, 1.82) is 0 Å². The van der Waals surface area contributed by atoms with Crippen LogP contribution in [0.4, 0.5) is 10.1 Å². The Morgan fingerprint density at radius 2 is 2.26 bits per heavy atom. The van der Waals surface area contributed by atoms with E-state index in [1.54, 1.807) is 0 Å². The smallest absolute Gasteiger partial charge is 0.217 e. The molecule has 0 aliphatic rings. The molecule has 122 valence electrons. The maximum Gasteiger partial charge on any atom is 0.217 e. The van der Waals surface area contributed by atoms with Crippen LogP contribution in [0.2, 0.25) is 5.02 Å². The minimum absolute atomic E-state index is 0.0739. The second-order valence-electron chi connectivity index (χ2n) is 4.37. The van der Waals surface area contributed by atoms with Crippen molar-refractivity contribution in [3.63, 3.8) is 0 Å². The third kappa shape index (κ3) is 4.47. The van der Waals surface area contributed by atoms with Crippen molar-refractivity contribution in [3.8, 4) is 0 Å². The molecule has 3 N–H and O–H groups in total. The van der Waals surface area contributed by atoms with Gasteiger partial charge in [-0.15, -0.1) is 0 Å². The summed E-state index contributed by atoms with van der Waals surface area (Å²) in [4.78, 5) is 14.8. The van der Waals surface area contributed by atoms with Gasteiger partial charge in [0, 0.05) is 12.6 Å². The molecule has 0 saturated carbocycles. The highest BCUT2D eigenvalue weighted by Crippen LogP contribution is 2.20. The molecule has 2 rings (SSSR count). The summed E-state index contributed by atoms with van der Waals surface area (Å²) >= 11 is 5.72. The molecule has 0 bridgehead atoms. The predicted octanol–water partition coefficient (Wildman–Crippen LogP) is 1.31. The van der Waals surface area contributed by atoms with Crippen LogP contribution in [0.5, 0.6) is 0 Å². The molecule has 1 amide bonds. The molecule has 23 heavy (non-hydrogen) atoms. The molecule has 0 fully saturated rings. The number of nitrogens with one attached hydrogen (secondary N) is 2. The lowest BCUT2D eigenvalue weighted by Gasteiger charge is -2.09. The molecule has 10 heteroatoms. The monoisotopic (exact) mass is 341 g/mol. The van der Waals surface area contributed by atoms with Crippen LogP contribution < -0.4 is 10.6 Å². The Hall–Kier alpha value is -2.52. The fraction of sp³-hybridized carbons (Fsp3) is 0.231. The highest BCUT2D eigenvalue weighted by Gasteiger charge is 2.17. The van der Waals surface area contributed by atoms with Gasteiger partial charge in [0.1, 0.15) is 18.2 Å². The minimum Gasteiger partial charge on any atom is -0.374 e. The molecule has 1 heterocycles. The molecule has 0 radical (unpaired) electrons. The number of carbonyl (C=O) groups is 1. The number of anilines is 1. The Balaban J connectivity index is 2.25. The zero-order chi connectivity index (χ0) is 16.8. The average Bonchev–Trinajstić information content (AvgIpc) is 2.97. The number of benzene rings is 1. The number of hydrogen-bond acceptors (Lipinski definition) is 6. The normalized spacial score (nSPS) is 11.4. The van der Waals surface area contributed by atoms with E-state index in [1.165, 1.54) is 25.1 Å². The van der Waals surface area contributed by atoms with Crippen LogP contribution in [0.1, 0.15) is 18.3 Å². The van der Waals surface area contributed by atoms with E-state index in [0.717, 1.165) is 0 Å². The number of amidine groups is 1. The zero-order valence-electron chi connectivity index (χ0n) is 12.0. The van der Waals surface area contributed by atoms with Gasteiger partial charge < -0.3 is 15.7 Å². The number of aliphatic imine (C=N–C) groups is 1. The van der Waals surface area contributed by atoms with Crippen LogP contribution in [-0.4, -0.2) is 33.9 Å². The third-order valence-electron chi connectivity index (χ3n) is 2.70. The summed E-state index contributed by atoms with van der Waals surface area (Å²) < 4.78 is 17.8. The van der Waals surface area contributed by atoms with E-state index >= 15 is 0 Å². The molecule has 1 aromatic carbocycles. The molecule has 2 aromatic rings. The summed E-state index contributed by atoms with van der Waals surface area (Å²) in [6.07, 6.45) is 0. The number of rotatable bonds is 5. The second-order valence-corrected chi connectivity index (χ2v) is 4.78. The first kappa shape index (κ1) is 16.8. The van der Waals surface area contributed by atoms with Crippen molar-refractivity contribution in [2.45, 2.75) is 13.5 Å². The van der Waals surface area contributed by atoms with Crippen LogP contribution in [0.3, 0.4) is 0 Å². The van der Waals surface area contributed by atoms with Crippen LogP contribution >= 0.6 is 11.6 Å². The number of aliphatic hydroxyl groups excluding tert-OH is 1. The van der Waals surface area contributed by atoms with E-state index in [-0.39, 0.29) is 29.0 Å².